The monoisotopic (exact) mass is 229 g/mol. The van der Waals surface area contributed by atoms with Gasteiger partial charge in [0.1, 0.15) is 0 Å². The zero-order valence-corrected chi connectivity index (χ0v) is 12.3. The number of hydrogen-bond donors (Lipinski definition) is 0. The van der Waals surface area contributed by atoms with Crippen molar-refractivity contribution in [3.05, 3.63) is 0 Å². The van der Waals surface area contributed by atoms with Crippen molar-refractivity contribution < 1.29 is 0 Å². The predicted molar refractivity (Wildman–Crippen MR) is 73.0 cm³/mol. The van der Waals surface area contributed by atoms with Gasteiger partial charge in [-0.15, -0.1) is 0 Å². The van der Waals surface area contributed by atoms with Gasteiger partial charge >= 0.3 is 0 Å². The predicted octanol–water partition coefficient (Wildman–Crippen LogP) is 1.60. The van der Waals surface area contributed by atoms with E-state index >= 15 is 0 Å². The van der Waals surface area contributed by atoms with E-state index < -0.39 is 0 Å². The van der Waals surface area contributed by atoms with Crippen molar-refractivity contribution in [1.29, 1.82) is 0 Å². The van der Waals surface area contributed by atoms with E-state index in [0.717, 1.165) is 13.1 Å². The van der Waals surface area contributed by atoms with Crippen LogP contribution in [0.1, 0.15) is 27.2 Å². The summed E-state index contributed by atoms with van der Waals surface area (Å²) in [5, 5.41) is 0. The second kappa shape index (κ2) is 8.04. The van der Waals surface area contributed by atoms with Crippen LogP contribution in [0.2, 0.25) is 0 Å². The van der Waals surface area contributed by atoms with Gasteiger partial charge in [0.2, 0.25) is 0 Å². The molecule has 0 spiro atoms. The molecule has 0 heterocycles. The van der Waals surface area contributed by atoms with Crippen LogP contribution in [-0.4, -0.2) is 74.6 Å². The van der Waals surface area contributed by atoms with Gasteiger partial charge in [0, 0.05) is 25.2 Å². The second-order valence-electron chi connectivity index (χ2n) is 5.50. The number of rotatable bonds is 8. The molecule has 0 rings (SSSR count). The summed E-state index contributed by atoms with van der Waals surface area (Å²) in [7, 11) is 8.69. The highest BCUT2D eigenvalue weighted by Gasteiger charge is 2.11. The van der Waals surface area contributed by atoms with Crippen molar-refractivity contribution in [2.45, 2.75) is 39.3 Å². The van der Waals surface area contributed by atoms with Crippen molar-refractivity contribution in [2.24, 2.45) is 0 Å². The van der Waals surface area contributed by atoms with E-state index in [9.17, 15) is 0 Å². The minimum absolute atomic E-state index is 0.652. The highest BCUT2D eigenvalue weighted by atomic mass is 15.2. The third-order valence-electron chi connectivity index (χ3n) is 3.43. The Morgan fingerprint density at radius 3 is 1.75 bits per heavy atom. The van der Waals surface area contributed by atoms with E-state index in [0.29, 0.717) is 12.1 Å². The van der Waals surface area contributed by atoms with E-state index in [1.807, 2.05) is 0 Å². The van der Waals surface area contributed by atoms with Gasteiger partial charge in [-0.1, -0.05) is 0 Å². The summed E-state index contributed by atoms with van der Waals surface area (Å²) < 4.78 is 0. The molecule has 0 aromatic heterocycles. The SMILES string of the molecule is CC(C)N(C)CCC(C)N(C)CCN(C)C. The maximum Gasteiger partial charge on any atom is 0.0109 e. The Morgan fingerprint density at radius 1 is 0.750 bits per heavy atom. The largest absolute Gasteiger partial charge is 0.308 e. The number of likely N-dealkylation sites (N-methyl/N-ethyl adjacent to an activating group) is 2. The molecule has 16 heavy (non-hydrogen) atoms. The molecule has 0 amide bonds. The first-order valence-electron chi connectivity index (χ1n) is 6.39. The molecule has 0 bridgehead atoms. The average molecular weight is 229 g/mol. The maximum atomic E-state index is 2.45. The molecule has 1 unspecified atom stereocenters. The molecule has 0 saturated carbocycles. The van der Waals surface area contributed by atoms with Gasteiger partial charge in [0.05, 0.1) is 0 Å². The molecule has 0 N–H and O–H groups in total. The van der Waals surface area contributed by atoms with Crippen LogP contribution in [-0.2, 0) is 0 Å². The van der Waals surface area contributed by atoms with Crippen molar-refractivity contribution >= 4 is 0 Å². The lowest BCUT2D eigenvalue weighted by Gasteiger charge is -2.29. The summed E-state index contributed by atoms with van der Waals surface area (Å²) in [4.78, 5) is 7.11. The van der Waals surface area contributed by atoms with Gasteiger partial charge in [-0.05, 0) is 61.9 Å². The van der Waals surface area contributed by atoms with Crippen LogP contribution >= 0.6 is 0 Å². The van der Waals surface area contributed by atoms with Crippen molar-refractivity contribution in [1.82, 2.24) is 14.7 Å². The van der Waals surface area contributed by atoms with Crippen molar-refractivity contribution in [3.63, 3.8) is 0 Å². The molecule has 0 aromatic carbocycles. The third kappa shape index (κ3) is 7.20. The minimum Gasteiger partial charge on any atom is -0.308 e. The summed E-state index contributed by atoms with van der Waals surface area (Å²) in [5.74, 6) is 0. The maximum absolute atomic E-state index is 2.45. The fourth-order valence-corrected chi connectivity index (χ4v) is 1.45. The van der Waals surface area contributed by atoms with Crippen LogP contribution < -0.4 is 0 Å². The number of hydrogen-bond acceptors (Lipinski definition) is 3. The molecular formula is C13H31N3. The Bertz CT molecular complexity index is 169. The second-order valence-corrected chi connectivity index (χ2v) is 5.50. The molecular weight excluding hydrogens is 198 g/mol. The van der Waals surface area contributed by atoms with Crippen LogP contribution in [0.3, 0.4) is 0 Å². The molecule has 0 saturated heterocycles. The van der Waals surface area contributed by atoms with Gasteiger partial charge in [-0.2, -0.15) is 0 Å². The fraction of sp³-hybridized carbons (Fsp3) is 1.00. The molecule has 3 nitrogen and oxygen atoms in total. The highest BCUT2D eigenvalue weighted by Crippen LogP contribution is 2.04. The summed E-state index contributed by atoms with van der Waals surface area (Å²) in [6, 6.07) is 1.32. The molecule has 0 aliphatic rings. The first-order chi connectivity index (χ1) is 7.34. The quantitative estimate of drug-likeness (QED) is 0.626. The van der Waals surface area contributed by atoms with Gasteiger partial charge in [-0.3, -0.25) is 0 Å². The lowest BCUT2D eigenvalue weighted by Crippen LogP contribution is -2.38. The summed E-state index contributed by atoms with van der Waals surface area (Å²) in [5.41, 5.74) is 0. The van der Waals surface area contributed by atoms with E-state index in [4.69, 9.17) is 0 Å². The van der Waals surface area contributed by atoms with Crippen LogP contribution in [0.15, 0.2) is 0 Å². The zero-order valence-electron chi connectivity index (χ0n) is 12.3. The van der Waals surface area contributed by atoms with Crippen LogP contribution in [0.4, 0.5) is 0 Å². The molecule has 0 aliphatic heterocycles. The molecule has 1 atom stereocenters. The van der Waals surface area contributed by atoms with Gasteiger partial charge in [0.15, 0.2) is 0 Å². The van der Waals surface area contributed by atoms with Crippen LogP contribution in [0.5, 0.6) is 0 Å². The van der Waals surface area contributed by atoms with Gasteiger partial charge in [0.25, 0.3) is 0 Å². The Hall–Kier alpha value is -0.120. The normalized spacial score (nSPS) is 14.4. The molecule has 0 fully saturated rings. The zero-order chi connectivity index (χ0) is 12.7. The highest BCUT2D eigenvalue weighted by molar-refractivity contribution is 4.67. The summed E-state index contributed by atoms with van der Waals surface area (Å²) in [6.07, 6.45) is 1.25. The van der Waals surface area contributed by atoms with Gasteiger partial charge in [-0.25, -0.2) is 0 Å². The van der Waals surface area contributed by atoms with Crippen molar-refractivity contribution in [2.75, 3.05) is 47.8 Å². The molecule has 98 valence electrons. The Labute approximate surface area is 102 Å². The Morgan fingerprint density at radius 2 is 1.31 bits per heavy atom. The van der Waals surface area contributed by atoms with E-state index in [1.54, 1.807) is 0 Å². The van der Waals surface area contributed by atoms with Crippen LogP contribution in [0, 0.1) is 0 Å². The Balaban J connectivity index is 3.74. The van der Waals surface area contributed by atoms with E-state index in [1.165, 1.54) is 13.0 Å². The van der Waals surface area contributed by atoms with E-state index in [-0.39, 0.29) is 0 Å². The minimum atomic E-state index is 0.652. The van der Waals surface area contributed by atoms with Crippen LogP contribution in [0.25, 0.3) is 0 Å². The smallest absolute Gasteiger partial charge is 0.0109 e. The standard InChI is InChI=1S/C13H31N3/c1-12(2)15(6)9-8-13(3)16(7)11-10-14(4)5/h12-13H,8-11H2,1-7H3. The molecule has 0 aromatic rings. The Kier molecular flexibility index (Phi) is 7.98. The average Bonchev–Trinajstić information content (AvgIpc) is 2.21. The fourth-order valence-electron chi connectivity index (χ4n) is 1.45. The van der Waals surface area contributed by atoms with Gasteiger partial charge < -0.3 is 14.7 Å². The first kappa shape index (κ1) is 15.9. The topological polar surface area (TPSA) is 9.72 Å². The lowest BCUT2D eigenvalue weighted by atomic mass is 10.2. The molecule has 0 aliphatic carbocycles. The summed E-state index contributed by atoms with van der Waals surface area (Å²) >= 11 is 0. The molecule has 0 radical (unpaired) electrons. The molecule has 3 heteroatoms. The first-order valence-corrected chi connectivity index (χ1v) is 6.39. The number of nitrogens with zero attached hydrogens (tertiary/aromatic N) is 3. The summed E-state index contributed by atoms with van der Waals surface area (Å²) in [6.45, 7) is 10.3. The third-order valence-corrected chi connectivity index (χ3v) is 3.43. The van der Waals surface area contributed by atoms with Crippen molar-refractivity contribution in [3.8, 4) is 0 Å². The van der Waals surface area contributed by atoms with E-state index in [2.05, 4.69) is 63.7 Å². The lowest BCUT2D eigenvalue weighted by molar-refractivity contribution is 0.189.